The molecule has 0 bridgehead atoms. The number of aryl methyl sites for hydroxylation is 1. The van der Waals surface area contributed by atoms with Gasteiger partial charge in [0, 0.05) is 24.8 Å². The van der Waals surface area contributed by atoms with Gasteiger partial charge in [-0.25, -0.2) is 0 Å². The molecule has 1 aliphatic heterocycles. The summed E-state index contributed by atoms with van der Waals surface area (Å²) in [6, 6.07) is 50.8. The van der Waals surface area contributed by atoms with Crippen molar-refractivity contribution >= 4 is 17.3 Å². The second kappa shape index (κ2) is 12.8. The molecule has 3 nitrogen and oxygen atoms in total. The van der Waals surface area contributed by atoms with Gasteiger partial charge in [-0.05, 0) is 94.3 Å². The SMILES string of the molecule is CC(=O)/C(=C(/C(C)=O)[N+]1=C(c2ccc(C)cc2)c2ccccc2CC1)C1c2cc(-c3ccccc3)ccc2-c2ccc(-c3ccccc3)cc21. The summed E-state index contributed by atoms with van der Waals surface area (Å²) in [5.41, 5.74) is 15.2. The van der Waals surface area contributed by atoms with Gasteiger partial charge in [0.1, 0.15) is 0 Å². The number of ketones is 2. The maximum atomic E-state index is 14.3. The number of Topliss-reactive ketones (excluding diaryl/α,β-unsaturated/α-hetero) is 2. The lowest BCUT2D eigenvalue weighted by molar-refractivity contribution is -0.472. The third-order valence-electron chi connectivity index (χ3n) is 10.2. The van der Waals surface area contributed by atoms with Crippen LogP contribution in [0.2, 0.25) is 0 Å². The van der Waals surface area contributed by atoms with Crippen LogP contribution in [-0.4, -0.2) is 28.4 Å². The predicted molar refractivity (Wildman–Crippen MR) is 203 cm³/mol. The highest BCUT2D eigenvalue weighted by Gasteiger charge is 2.42. The van der Waals surface area contributed by atoms with Crippen LogP contribution in [0.5, 0.6) is 0 Å². The van der Waals surface area contributed by atoms with Crippen molar-refractivity contribution in [1.82, 2.24) is 0 Å². The van der Waals surface area contributed by atoms with Crippen molar-refractivity contribution in [3.8, 4) is 33.4 Å². The van der Waals surface area contributed by atoms with Crippen molar-refractivity contribution in [2.75, 3.05) is 6.54 Å². The van der Waals surface area contributed by atoms with E-state index in [2.05, 4.69) is 121 Å². The monoisotopic (exact) mass is 648 g/mol. The molecule has 1 aliphatic carbocycles. The minimum Gasteiger partial charge on any atom is -0.295 e. The van der Waals surface area contributed by atoms with Crippen LogP contribution in [0.1, 0.15) is 53.1 Å². The van der Waals surface area contributed by atoms with Gasteiger partial charge >= 0.3 is 0 Å². The first kappa shape index (κ1) is 31.3. The van der Waals surface area contributed by atoms with Crippen molar-refractivity contribution < 1.29 is 14.2 Å². The van der Waals surface area contributed by atoms with Gasteiger partial charge in [0.05, 0.1) is 11.1 Å². The zero-order valence-electron chi connectivity index (χ0n) is 28.6. The van der Waals surface area contributed by atoms with Crippen LogP contribution in [-0.2, 0) is 16.0 Å². The zero-order chi connectivity index (χ0) is 34.4. The lowest BCUT2D eigenvalue weighted by Gasteiger charge is -2.23. The Morgan fingerprint density at radius 3 is 1.60 bits per heavy atom. The van der Waals surface area contributed by atoms with Crippen molar-refractivity contribution in [3.05, 3.63) is 190 Å². The molecular weight excluding hydrogens is 611 g/mol. The zero-order valence-corrected chi connectivity index (χ0v) is 28.6. The van der Waals surface area contributed by atoms with Gasteiger partial charge in [-0.2, -0.15) is 4.58 Å². The largest absolute Gasteiger partial charge is 0.295 e. The summed E-state index contributed by atoms with van der Waals surface area (Å²) in [5.74, 6) is -0.649. The minimum absolute atomic E-state index is 0.101. The van der Waals surface area contributed by atoms with Crippen molar-refractivity contribution in [3.63, 3.8) is 0 Å². The van der Waals surface area contributed by atoms with Crippen LogP contribution in [0.25, 0.3) is 33.4 Å². The molecule has 0 unspecified atom stereocenters. The summed E-state index contributed by atoms with van der Waals surface area (Å²) in [6.07, 6.45) is 0.766. The molecule has 0 saturated heterocycles. The molecular formula is C47H38NO2+. The van der Waals surface area contributed by atoms with Gasteiger partial charge < -0.3 is 0 Å². The number of benzene rings is 6. The topological polar surface area (TPSA) is 37.1 Å². The van der Waals surface area contributed by atoms with Crippen molar-refractivity contribution in [2.45, 2.75) is 33.1 Å². The van der Waals surface area contributed by atoms with Crippen molar-refractivity contribution in [1.29, 1.82) is 0 Å². The van der Waals surface area contributed by atoms with E-state index in [1.54, 1.807) is 13.8 Å². The van der Waals surface area contributed by atoms with Crippen LogP contribution >= 0.6 is 0 Å². The van der Waals surface area contributed by atoms with Crippen molar-refractivity contribution in [2.24, 2.45) is 0 Å². The number of carbonyl (C=O) groups is 2. The van der Waals surface area contributed by atoms with Gasteiger partial charge in [-0.1, -0.05) is 121 Å². The second-order valence-corrected chi connectivity index (χ2v) is 13.4. The van der Waals surface area contributed by atoms with Gasteiger partial charge in [0.2, 0.25) is 11.5 Å². The maximum Gasteiger partial charge on any atom is 0.256 e. The van der Waals surface area contributed by atoms with E-state index in [1.807, 2.05) is 36.4 Å². The van der Waals surface area contributed by atoms with E-state index in [9.17, 15) is 9.59 Å². The molecule has 1 heterocycles. The molecule has 0 saturated carbocycles. The van der Waals surface area contributed by atoms with Gasteiger partial charge in [0.25, 0.3) is 5.70 Å². The third kappa shape index (κ3) is 5.45. The van der Waals surface area contributed by atoms with Gasteiger partial charge in [-0.15, -0.1) is 0 Å². The number of allylic oxidation sites excluding steroid dienone is 2. The summed E-state index contributed by atoms with van der Waals surface area (Å²) in [4.78, 5) is 28.6. The molecule has 0 aromatic heterocycles. The number of carbonyl (C=O) groups excluding carboxylic acids is 2. The summed E-state index contributed by atoms with van der Waals surface area (Å²) in [7, 11) is 0. The lowest BCUT2D eigenvalue weighted by Crippen LogP contribution is -2.34. The normalized spacial score (nSPS) is 14.1. The molecule has 6 aromatic carbocycles. The fourth-order valence-corrected chi connectivity index (χ4v) is 7.93. The summed E-state index contributed by atoms with van der Waals surface area (Å²) >= 11 is 0. The molecule has 0 radical (unpaired) electrons. The fourth-order valence-electron chi connectivity index (χ4n) is 7.93. The average Bonchev–Trinajstić information content (AvgIpc) is 3.46. The van der Waals surface area contributed by atoms with E-state index in [-0.39, 0.29) is 11.6 Å². The van der Waals surface area contributed by atoms with Crippen LogP contribution in [0.3, 0.4) is 0 Å². The molecule has 0 amide bonds. The Morgan fingerprint density at radius 1 is 0.540 bits per heavy atom. The van der Waals surface area contributed by atoms with Crippen LogP contribution in [0, 0.1) is 6.92 Å². The Balaban J connectivity index is 1.45. The molecule has 242 valence electrons. The standard InChI is InChI=1S/C47H38NO2/c1-30-18-20-36(21-19-30)47-39-17-11-10-16-35(39)26-27-48(47)46(32(3)50)44(31(2)49)45-42-28-37(33-12-6-4-7-13-33)22-24-40(42)41-25-23-38(29-43(41)45)34-14-8-5-9-15-34/h4-25,28-29,45H,26-27H2,1-3H3/q+1/b46-44+. The number of nitrogens with zero attached hydrogens (tertiary/aromatic N) is 1. The molecule has 3 heteroatoms. The van der Waals surface area contributed by atoms with E-state index < -0.39 is 5.92 Å². The first-order chi connectivity index (χ1) is 24.4. The molecule has 0 fully saturated rings. The Bertz CT molecular complexity index is 2270. The van der Waals surface area contributed by atoms with Gasteiger partial charge in [0.15, 0.2) is 12.3 Å². The Kier molecular flexibility index (Phi) is 8.05. The summed E-state index contributed by atoms with van der Waals surface area (Å²) in [6.45, 7) is 5.91. The van der Waals surface area contributed by atoms with E-state index in [1.165, 1.54) is 11.1 Å². The van der Waals surface area contributed by atoms with Gasteiger partial charge in [-0.3, -0.25) is 9.59 Å². The summed E-state index contributed by atoms with van der Waals surface area (Å²) < 4.78 is 2.14. The lowest BCUT2D eigenvalue weighted by atomic mass is 9.82. The van der Waals surface area contributed by atoms with E-state index in [0.717, 1.165) is 67.8 Å². The Morgan fingerprint density at radius 2 is 1.06 bits per heavy atom. The molecule has 50 heavy (non-hydrogen) atoms. The van der Waals surface area contributed by atoms with E-state index in [0.29, 0.717) is 17.8 Å². The van der Waals surface area contributed by atoms with Crippen LogP contribution < -0.4 is 0 Å². The molecule has 6 aromatic rings. The molecule has 2 aliphatic rings. The quantitative estimate of drug-likeness (QED) is 0.128. The molecule has 8 rings (SSSR count). The number of hydrogen-bond acceptors (Lipinski definition) is 2. The fraction of sp³-hybridized carbons (Fsp3) is 0.128. The second-order valence-electron chi connectivity index (χ2n) is 13.4. The van der Waals surface area contributed by atoms with E-state index >= 15 is 0 Å². The number of rotatable bonds is 7. The first-order valence-electron chi connectivity index (χ1n) is 17.3. The first-order valence-corrected chi connectivity index (χ1v) is 17.3. The number of hydrogen-bond donors (Lipinski definition) is 0. The third-order valence-corrected chi connectivity index (χ3v) is 10.2. The Hall–Kier alpha value is -5.93. The average molecular weight is 649 g/mol. The summed E-state index contributed by atoms with van der Waals surface area (Å²) in [5, 5.41) is 0. The highest BCUT2D eigenvalue weighted by atomic mass is 16.1. The highest BCUT2D eigenvalue weighted by molar-refractivity contribution is 6.13. The minimum atomic E-state index is -0.430. The van der Waals surface area contributed by atoms with Crippen LogP contribution in [0.4, 0.5) is 0 Å². The molecule has 0 N–H and O–H groups in total. The highest BCUT2D eigenvalue weighted by Crippen LogP contribution is 2.51. The van der Waals surface area contributed by atoms with E-state index in [4.69, 9.17) is 0 Å². The Labute approximate surface area is 293 Å². The van der Waals surface area contributed by atoms with Crippen LogP contribution in [0.15, 0.2) is 157 Å². The molecule has 0 spiro atoms. The predicted octanol–water partition coefficient (Wildman–Crippen LogP) is 9.98. The maximum absolute atomic E-state index is 14.3. The number of fused-ring (bicyclic) bond motifs is 4. The molecule has 0 atom stereocenters. The smallest absolute Gasteiger partial charge is 0.256 e.